The van der Waals surface area contributed by atoms with Gasteiger partial charge in [-0.15, -0.1) is 5.10 Å². The minimum Gasteiger partial charge on any atom is -0.378 e. The van der Waals surface area contributed by atoms with Gasteiger partial charge in [0.15, 0.2) is 5.69 Å². The molecule has 2 aromatic heterocycles. The van der Waals surface area contributed by atoms with Crippen molar-refractivity contribution in [3.8, 4) is 11.3 Å². The van der Waals surface area contributed by atoms with Crippen molar-refractivity contribution < 1.29 is 22.7 Å². The molecular formula is C21H19F3N6O2. The number of morpholine rings is 1. The second kappa shape index (κ2) is 8.87. The van der Waals surface area contributed by atoms with E-state index in [1.54, 1.807) is 24.4 Å². The predicted molar refractivity (Wildman–Crippen MR) is 110 cm³/mol. The fraction of sp³-hybridized carbons (Fsp3) is 0.286. The molecule has 32 heavy (non-hydrogen) atoms. The first kappa shape index (κ1) is 21.6. The molecule has 4 rings (SSSR count). The monoisotopic (exact) mass is 444 g/mol. The molecule has 0 radical (unpaired) electrons. The summed E-state index contributed by atoms with van der Waals surface area (Å²) in [6, 6.07) is 7.70. The van der Waals surface area contributed by atoms with Crippen LogP contribution in [0.15, 0.2) is 42.7 Å². The largest absolute Gasteiger partial charge is 0.418 e. The molecule has 1 aromatic carbocycles. The van der Waals surface area contributed by atoms with Crippen molar-refractivity contribution in [2.24, 2.45) is 0 Å². The summed E-state index contributed by atoms with van der Waals surface area (Å²) in [5, 5.41) is 17.7. The zero-order valence-corrected chi connectivity index (χ0v) is 17.1. The molecule has 3 aromatic rings. The van der Waals surface area contributed by atoms with Crippen molar-refractivity contribution >= 4 is 17.3 Å². The molecule has 0 aliphatic carbocycles. The second-order valence-corrected chi connectivity index (χ2v) is 7.21. The third-order valence-electron chi connectivity index (χ3n) is 5.00. The Labute approximate surface area is 181 Å². The summed E-state index contributed by atoms with van der Waals surface area (Å²) in [6.45, 7) is 4.66. The van der Waals surface area contributed by atoms with Crippen LogP contribution < -0.4 is 10.2 Å². The van der Waals surface area contributed by atoms with Gasteiger partial charge in [-0.1, -0.05) is 6.07 Å². The standard InChI is InChI=1S/C21H19F3N6O2/c1-13-2-3-15(27-20(31)19-8-14(11-25-29-19)21(22,23)24)9-17(13)18-10-16(12-26-28-18)30-4-6-32-7-5-30/h2-3,8-12H,4-7H2,1H3,(H,27,31). The summed E-state index contributed by atoms with van der Waals surface area (Å²) in [7, 11) is 0. The van der Waals surface area contributed by atoms with Gasteiger partial charge in [0.2, 0.25) is 0 Å². The smallest absolute Gasteiger partial charge is 0.378 e. The van der Waals surface area contributed by atoms with Crippen LogP contribution in [0.4, 0.5) is 24.5 Å². The molecule has 1 amide bonds. The number of carbonyl (C=O) groups excluding carboxylic acids is 1. The highest BCUT2D eigenvalue weighted by molar-refractivity contribution is 6.03. The lowest BCUT2D eigenvalue weighted by atomic mass is 10.0. The number of rotatable bonds is 4. The molecular weight excluding hydrogens is 425 g/mol. The lowest BCUT2D eigenvalue weighted by molar-refractivity contribution is -0.137. The van der Waals surface area contributed by atoms with Crippen molar-refractivity contribution in [1.29, 1.82) is 0 Å². The Hall–Kier alpha value is -3.60. The van der Waals surface area contributed by atoms with Crippen LogP contribution in [0.25, 0.3) is 11.3 Å². The maximum Gasteiger partial charge on any atom is 0.418 e. The fourth-order valence-electron chi connectivity index (χ4n) is 3.29. The number of halogens is 3. The van der Waals surface area contributed by atoms with E-state index in [-0.39, 0.29) is 0 Å². The van der Waals surface area contributed by atoms with E-state index in [0.29, 0.717) is 36.9 Å². The predicted octanol–water partition coefficient (Wildman–Crippen LogP) is 3.35. The molecule has 1 N–H and O–H groups in total. The van der Waals surface area contributed by atoms with Crippen molar-refractivity contribution in [3.05, 3.63) is 59.5 Å². The van der Waals surface area contributed by atoms with E-state index < -0.39 is 23.3 Å². The molecule has 1 saturated heterocycles. The zero-order valence-electron chi connectivity index (χ0n) is 17.1. The second-order valence-electron chi connectivity index (χ2n) is 7.21. The first-order chi connectivity index (χ1) is 15.3. The van der Waals surface area contributed by atoms with Gasteiger partial charge >= 0.3 is 6.18 Å². The van der Waals surface area contributed by atoms with Gasteiger partial charge in [0, 0.05) is 24.3 Å². The first-order valence-electron chi connectivity index (χ1n) is 9.79. The summed E-state index contributed by atoms with van der Waals surface area (Å²) in [5.41, 5.74) is 2.06. The number of benzene rings is 1. The van der Waals surface area contributed by atoms with Gasteiger partial charge in [0.05, 0.1) is 42.6 Å². The Morgan fingerprint density at radius 1 is 1.06 bits per heavy atom. The van der Waals surface area contributed by atoms with Gasteiger partial charge in [-0.25, -0.2) is 0 Å². The van der Waals surface area contributed by atoms with Crippen LogP contribution in [-0.2, 0) is 10.9 Å². The maximum atomic E-state index is 12.9. The number of ether oxygens (including phenoxy) is 1. The van der Waals surface area contributed by atoms with Crippen molar-refractivity contribution in [2.45, 2.75) is 13.1 Å². The van der Waals surface area contributed by atoms with E-state index in [4.69, 9.17) is 4.74 Å². The molecule has 166 valence electrons. The molecule has 0 unspecified atom stereocenters. The summed E-state index contributed by atoms with van der Waals surface area (Å²) >= 11 is 0. The normalized spacial score (nSPS) is 14.3. The van der Waals surface area contributed by atoms with E-state index in [9.17, 15) is 18.0 Å². The summed E-state index contributed by atoms with van der Waals surface area (Å²) < 4.78 is 44.0. The number of alkyl halides is 3. The quantitative estimate of drug-likeness (QED) is 0.660. The third-order valence-corrected chi connectivity index (χ3v) is 5.00. The van der Waals surface area contributed by atoms with Crippen molar-refractivity contribution in [1.82, 2.24) is 20.4 Å². The Morgan fingerprint density at radius 3 is 2.56 bits per heavy atom. The number of hydrogen-bond donors (Lipinski definition) is 1. The van der Waals surface area contributed by atoms with Crippen LogP contribution in [0, 0.1) is 6.92 Å². The number of aromatic nitrogens is 4. The summed E-state index contributed by atoms with van der Waals surface area (Å²) in [6.07, 6.45) is -2.37. The lowest BCUT2D eigenvalue weighted by Crippen LogP contribution is -2.36. The van der Waals surface area contributed by atoms with Crippen LogP contribution in [-0.4, -0.2) is 52.6 Å². The van der Waals surface area contributed by atoms with Crippen molar-refractivity contribution in [3.63, 3.8) is 0 Å². The number of amides is 1. The topological polar surface area (TPSA) is 93.1 Å². The molecule has 0 spiro atoms. The molecule has 8 nitrogen and oxygen atoms in total. The van der Waals surface area contributed by atoms with Gasteiger partial charge in [-0.05, 0) is 36.8 Å². The van der Waals surface area contributed by atoms with Crippen LogP contribution in [0.3, 0.4) is 0 Å². The number of carbonyl (C=O) groups is 1. The Bertz CT molecular complexity index is 1130. The molecule has 0 bridgehead atoms. The molecule has 11 heteroatoms. The van der Waals surface area contributed by atoms with Crippen molar-refractivity contribution in [2.75, 3.05) is 36.5 Å². The third kappa shape index (κ3) is 4.83. The average molecular weight is 444 g/mol. The summed E-state index contributed by atoms with van der Waals surface area (Å²) in [4.78, 5) is 14.6. The number of hydrogen-bond acceptors (Lipinski definition) is 7. The Morgan fingerprint density at radius 2 is 1.81 bits per heavy atom. The first-order valence-corrected chi connectivity index (χ1v) is 9.79. The molecule has 1 fully saturated rings. The van der Waals surface area contributed by atoms with Crippen LogP contribution >= 0.6 is 0 Å². The van der Waals surface area contributed by atoms with Crippen LogP contribution in [0.2, 0.25) is 0 Å². The van der Waals surface area contributed by atoms with Gasteiger partial charge in [-0.3, -0.25) is 4.79 Å². The van der Waals surface area contributed by atoms with E-state index in [1.165, 1.54) is 0 Å². The maximum absolute atomic E-state index is 12.9. The molecule has 0 atom stereocenters. The minimum atomic E-state index is -4.62. The van der Waals surface area contributed by atoms with E-state index in [1.807, 2.05) is 13.0 Å². The highest BCUT2D eigenvalue weighted by Crippen LogP contribution is 2.30. The minimum absolute atomic E-state index is 0.383. The Kier molecular flexibility index (Phi) is 5.99. The lowest BCUT2D eigenvalue weighted by Gasteiger charge is -2.28. The van der Waals surface area contributed by atoms with E-state index in [0.717, 1.165) is 29.9 Å². The highest BCUT2D eigenvalue weighted by atomic mass is 19.4. The van der Waals surface area contributed by atoms with Gasteiger partial charge < -0.3 is 15.0 Å². The van der Waals surface area contributed by atoms with Gasteiger partial charge in [0.25, 0.3) is 5.91 Å². The average Bonchev–Trinajstić information content (AvgIpc) is 2.80. The van der Waals surface area contributed by atoms with Crippen LogP contribution in [0.5, 0.6) is 0 Å². The Balaban J connectivity index is 1.58. The molecule has 1 aliphatic heterocycles. The summed E-state index contributed by atoms with van der Waals surface area (Å²) in [5.74, 6) is -0.799. The number of nitrogens with one attached hydrogen (secondary N) is 1. The molecule has 0 saturated carbocycles. The molecule has 1 aliphatic rings. The number of aryl methyl sites for hydroxylation is 1. The zero-order chi connectivity index (χ0) is 22.7. The van der Waals surface area contributed by atoms with Gasteiger partial charge in [-0.2, -0.15) is 28.5 Å². The fourth-order valence-corrected chi connectivity index (χ4v) is 3.29. The SMILES string of the molecule is Cc1ccc(NC(=O)c2cc(C(F)(F)F)cnn2)cc1-c1cc(N2CCOCC2)cnn1. The molecule has 3 heterocycles. The van der Waals surface area contributed by atoms with E-state index >= 15 is 0 Å². The van der Waals surface area contributed by atoms with E-state index in [2.05, 4.69) is 30.6 Å². The highest BCUT2D eigenvalue weighted by Gasteiger charge is 2.32. The number of nitrogens with zero attached hydrogens (tertiary/aromatic N) is 5. The van der Waals surface area contributed by atoms with Gasteiger partial charge in [0.1, 0.15) is 0 Å². The van der Waals surface area contributed by atoms with Crippen LogP contribution in [0.1, 0.15) is 21.6 Å². The number of anilines is 2.